The zero-order valence-corrected chi connectivity index (χ0v) is 11.6. The molecule has 0 spiro atoms. The smallest absolute Gasteiger partial charge is 0.308 e. The van der Waals surface area contributed by atoms with E-state index in [-0.39, 0.29) is 5.92 Å². The van der Waals surface area contributed by atoms with Crippen LogP contribution in [0.5, 0.6) is 0 Å². The number of furan rings is 1. The Balaban J connectivity index is 2.03. The van der Waals surface area contributed by atoms with Crippen molar-refractivity contribution in [3.63, 3.8) is 0 Å². The first-order valence-corrected chi connectivity index (χ1v) is 6.76. The maximum atomic E-state index is 11.2. The van der Waals surface area contributed by atoms with Gasteiger partial charge in [0.15, 0.2) is 0 Å². The van der Waals surface area contributed by atoms with Gasteiger partial charge in [-0.2, -0.15) is 0 Å². The number of carboxylic acids is 1. The van der Waals surface area contributed by atoms with Gasteiger partial charge in [-0.05, 0) is 26.7 Å². The molecule has 2 aromatic rings. The highest BCUT2D eigenvalue weighted by molar-refractivity contribution is 5.90. The van der Waals surface area contributed by atoms with Crippen LogP contribution >= 0.6 is 0 Å². The van der Waals surface area contributed by atoms with E-state index < -0.39 is 5.97 Å². The molecule has 2 aromatic heterocycles. The van der Waals surface area contributed by atoms with E-state index in [0.717, 1.165) is 41.9 Å². The first kappa shape index (κ1) is 12.9. The van der Waals surface area contributed by atoms with Gasteiger partial charge in [-0.25, -0.2) is 9.97 Å². The molecule has 3 rings (SSSR count). The van der Waals surface area contributed by atoms with Gasteiger partial charge in [-0.15, -0.1) is 0 Å². The lowest BCUT2D eigenvalue weighted by molar-refractivity contribution is -0.141. The molecule has 1 saturated heterocycles. The van der Waals surface area contributed by atoms with Crippen LogP contribution < -0.4 is 4.90 Å². The Hall–Kier alpha value is -2.11. The summed E-state index contributed by atoms with van der Waals surface area (Å²) in [4.78, 5) is 21.7. The number of hydrogen-bond donors (Lipinski definition) is 1. The molecule has 3 heterocycles. The monoisotopic (exact) mass is 275 g/mol. The van der Waals surface area contributed by atoms with Gasteiger partial charge in [-0.3, -0.25) is 4.79 Å². The second-order valence-electron chi connectivity index (χ2n) is 5.28. The van der Waals surface area contributed by atoms with Gasteiger partial charge in [0.1, 0.15) is 17.9 Å². The molecule has 106 valence electrons. The molecule has 0 bridgehead atoms. The van der Waals surface area contributed by atoms with Gasteiger partial charge < -0.3 is 14.4 Å². The number of aliphatic carboxylic acids is 1. The van der Waals surface area contributed by atoms with Crippen LogP contribution in [0.2, 0.25) is 0 Å². The van der Waals surface area contributed by atoms with Crippen LogP contribution in [-0.2, 0) is 4.79 Å². The van der Waals surface area contributed by atoms with Crippen molar-refractivity contribution in [3.05, 3.63) is 17.7 Å². The quantitative estimate of drug-likeness (QED) is 0.904. The number of anilines is 1. The summed E-state index contributed by atoms with van der Waals surface area (Å²) < 4.78 is 5.61. The normalized spacial score (nSPS) is 19.5. The summed E-state index contributed by atoms with van der Waals surface area (Å²) in [5.74, 6) is 0.547. The molecule has 0 saturated carbocycles. The minimum absolute atomic E-state index is 0.331. The fourth-order valence-corrected chi connectivity index (χ4v) is 2.77. The third kappa shape index (κ3) is 2.01. The van der Waals surface area contributed by atoms with Crippen LogP contribution in [-0.4, -0.2) is 34.1 Å². The molecular formula is C14H17N3O3. The Bertz CT molecular complexity index is 665. The van der Waals surface area contributed by atoms with Crippen LogP contribution in [0.3, 0.4) is 0 Å². The lowest BCUT2D eigenvalue weighted by Crippen LogP contribution is -2.39. The molecule has 0 radical (unpaired) electrons. The fourth-order valence-electron chi connectivity index (χ4n) is 2.77. The Morgan fingerprint density at radius 3 is 3.00 bits per heavy atom. The number of aromatic nitrogens is 2. The fraction of sp³-hybridized carbons (Fsp3) is 0.500. The van der Waals surface area contributed by atoms with Gasteiger partial charge in [-0.1, -0.05) is 0 Å². The maximum absolute atomic E-state index is 11.2. The number of aryl methyl sites for hydroxylation is 2. The summed E-state index contributed by atoms with van der Waals surface area (Å²) in [6.07, 6.45) is 3.06. The van der Waals surface area contributed by atoms with Crippen molar-refractivity contribution < 1.29 is 14.3 Å². The number of piperidine rings is 1. The molecule has 1 fully saturated rings. The van der Waals surface area contributed by atoms with Crippen LogP contribution in [0.1, 0.15) is 24.2 Å². The van der Waals surface area contributed by atoms with Crippen molar-refractivity contribution in [2.45, 2.75) is 26.7 Å². The highest BCUT2D eigenvalue weighted by atomic mass is 16.4. The Labute approximate surface area is 116 Å². The van der Waals surface area contributed by atoms with E-state index in [1.54, 1.807) is 0 Å². The summed E-state index contributed by atoms with van der Waals surface area (Å²) in [6.45, 7) is 5.19. The average molecular weight is 275 g/mol. The number of rotatable bonds is 2. The van der Waals surface area contributed by atoms with Gasteiger partial charge in [0.2, 0.25) is 5.71 Å². The second-order valence-corrected chi connectivity index (χ2v) is 5.28. The minimum atomic E-state index is -0.736. The largest absolute Gasteiger partial charge is 0.481 e. The van der Waals surface area contributed by atoms with E-state index in [9.17, 15) is 9.90 Å². The number of carboxylic acid groups (broad SMARTS) is 1. The molecule has 6 nitrogen and oxygen atoms in total. The number of hydrogen-bond acceptors (Lipinski definition) is 5. The molecule has 1 aliphatic heterocycles. The van der Waals surface area contributed by atoms with E-state index in [1.807, 2.05) is 18.7 Å². The van der Waals surface area contributed by atoms with Crippen molar-refractivity contribution >= 4 is 22.9 Å². The Kier molecular flexibility index (Phi) is 3.08. The Morgan fingerprint density at radius 1 is 1.45 bits per heavy atom. The van der Waals surface area contributed by atoms with E-state index in [4.69, 9.17) is 4.42 Å². The predicted octanol–water partition coefficient (Wildman–Crippen LogP) is 2.14. The SMILES string of the molecule is Cc1oc2ncnc(N3CCCC(C(=O)O)C3)c2c1C. The summed E-state index contributed by atoms with van der Waals surface area (Å²) in [6, 6.07) is 0. The molecule has 0 aliphatic carbocycles. The Morgan fingerprint density at radius 2 is 2.25 bits per heavy atom. The third-order valence-corrected chi connectivity index (χ3v) is 4.02. The van der Waals surface area contributed by atoms with Gasteiger partial charge in [0.05, 0.1) is 11.3 Å². The van der Waals surface area contributed by atoms with Gasteiger partial charge in [0, 0.05) is 18.7 Å². The summed E-state index contributed by atoms with van der Waals surface area (Å²) in [5.41, 5.74) is 1.59. The summed E-state index contributed by atoms with van der Waals surface area (Å²) in [7, 11) is 0. The molecule has 1 atom stereocenters. The molecule has 0 aromatic carbocycles. The third-order valence-electron chi connectivity index (χ3n) is 4.02. The zero-order valence-electron chi connectivity index (χ0n) is 11.6. The molecule has 6 heteroatoms. The van der Waals surface area contributed by atoms with Crippen molar-refractivity contribution in [2.75, 3.05) is 18.0 Å². The molecule has 20 heavy (non-hydrogen) atoms. The first-order chi connectivity index (χ1) is 9.58. The zero-order chi connectivity index (χ0) is 14.3. The van der Waals surface area contributed by atoms with Crippen LogP contribution in [0.4, 0.5) is 5.82 Å². The van der Waals surface area contributed by atoms with E-state index in [1.165, 1.54) is 6.33 Å². The summed E-state index contributed by atoms with van der Waals surface area (Å²) in [5, 5.41) is 10.1. The van der Waals surface area contributed by atoms with Crippen molar-refractivity contribution in [1.82, 2.24) is 9.97 Å². The van der Waals surface area contributed by atoms with Crippen LogP contribution in [0.15, 0.2) is 10.7 Å². The maximum Gasteiger partial charge on any atom is 0.308 e. The lowest BCUT2D eigenvalue weighted by Gasteiger charge is -2.31. The molecular weight excluding hydrogens is 258 g/mol. The van der Waals surface area contributed by atoms with Gasteiger partial charge in [0.25, 0.3) is 0 Å². The van der Waals surface area contributed by atoms with Crippen LogP contribution in [0.25, 0.3) is 11.1 Å². The molecule has 1 N–H and O–H groups in total. The van der Waals surface area contributed by atoms with Crippen molar-refractivity contribution in [1.29, 1.82) is 0 Å². The lowest BCUT2D eigenvalue weighted by atomic mass is 9.98. The summed E-state index contributed by atoms with van der Waals surface area (Å²) >= 11 is 0. The number of nitrogens with zero attached hydrogens (tertiary/aromatic N) is 3. The van der Waals surface area contributed by atoms with E-state index >= 15 is 0 Å². The van der Waals surface area contributed by atoms with Crippen molar-refractivity contribution in [2.24, 2.45) is 5.92 Å². The first-order valence-electron chi connectivity index (χ1n) is 6.76. The second kappa shape index (κ2) is 4.77. The van der Waals surface area contributed by atoms with Gasteiger partial charge >= 0.3 is 5.97 Å². The average Bonchev–Trinajstić information content (AvgIpc) is 2.74. The molecule has 1 unspecified atom stereocenters. The van der Waals surface area contributed by atoms with Crippen LogP contribution in [0, 0.1) is 19.8 Å². The minimum Gasteiger partial charge on any atom is -0.481 e. The molecule has 1 aliphatic rings. The van der Waals surface area contributed by atoms with E-state index in [0.29, 0.717) is 12.3 Å². The standard InChI is InChI=1S/C14H17N3O3/c1-8-9(2)20-13-11(8)12(15-7-16-13)17-5-3-4-10(6-17)14(18)19/h7,10H,3-6H2,1-2H3,(H,18,19). The predicted molar refractivity (Wildman–Crippen MR) is 73.9 cm³/mol. The number of carbonyl (C=O) groups is 1. The topological polar surface area (TPSA) is 79.5 Å². The van der Waals surface area contributed by atoms with E-state index in [2.05, 4.69) is 9.97 Å². The highest BCUT2D eigenvalue weighted by Gasteiger charge is 2.28. The molecule has 0 amide bonds. The van der Waals surface area contributed by atoms with Crippen molar-refractivity contribution in [3.8, 4) is 0 Å². The number of fused-ring (bicyclic) bond motifs is 1. The highest BCUT2D eigenvalue weighted by Crippen LogP contribution is 2.32.